The predicted octanol–water partition coefficient (Wildman–Crippen LogP) is 5.43. The van der Waals surface area contributed by atoms with Gasteiger partial charge in [-0.3, -0.25) is 14.6 Å². The summed E-state index contributed by atoms with van der Waals surface area (Å²) in [6.45, 7) is 1.87. The number of ketones is 1. The molecule has 2 atom stereocenters. The topological polar surface area (TPSA) is 71.4 Å². The van der Waals surface area contributed by atoms with Gasteiger partial charge in [-0.15, -0.1) is 0 Å². The predicted molar refractivity (Wildman–Crippen MR) is 120 cm³/mol. The SMILES string of the molecule is CC1=NC2=C(C(=O)CCC2)[C@H](c2ccc(Br)cc2)C1C(=O)Nc1ccc(Br)cn1. The molecular formula is C22H19Br2N3O2. The summed E-state index contributed by atoms with van der Waals surface area (Å²) < 4.78 is 1.79. The van der Waals surface area contributed by atoms with Crippen LogP contribution in [0.2, 0.25) is 0 Å². The molecule has 0 bridgehead atoms. The summed E-state index contributed by atoms with van der Waals surface area (Å²) in [6, 6.07) is 11.4. The van der Waals surface area contributed by atoms with E-state index in [1.54, 1.807) is 12.3 Å². The molecule has 1 aromatic heterocycles. The van der Waals surface area contributed by atoms with Crippen LogP contribution < -0.4 is 5.32 Å². The molecule has 1 aromatic carbocycles. The van der Waals surface area contributed by atoms with Gasteiger partial charge >= 0.3 is 0 Å². The number of hydrogen-bond donors (Lipinski definition) is 1. The zero-order valence-corrected chi connectivity index (χ0v) is 19.0. The number of rotatable bonds is 3. The van der Waals surface area contributed by atoms with Crippen LogP contribution in [-0.2, 0) is 9.59 Å². The number of benzene rings is 1. The summed E-state index contributed by atoms with van der Waals surface area (Å²) in [7, 11) is 0. The van der Waals surface area contributed by atoms with Gasteiger partial charge in [0.2, 0.25) is 5.91 Å². The quantitative estimate of drug-likeness (QED) is 0.591. The van der Waals surface area contributed by atoms with E-state index in [0.29, 0.717) is 17.8 Å². The van der Waals surface area contributed by atoms with Crippen molar-refractivity contribution in [2.24, 2.45) is 10.9 Å². The lowest BCUT2D eigenvalue weighted by atomic mass is 9.71. The molecule has 1 unspecified atom stereocenters. The maximum absolute atomic E-state index is 13.3. The Bertz CT molecular complexity index is 1030. The van der Waals surface area contributed by atoms with Crippen LogP contribution in [-0.4, -0.2) is 22.4 Å². The maximum Gasteiger partial charge on any atom is 0.235 e. The van der Waals surface area contributed by atoms with E-state index >= 15 is 0 Å². The van der Waals surface area contributed by atoms with Crippen molar-refractivity contribution in [2.45, 2.75) is 32.1 Å². The van der Waals surface area contributed by atoms with Crippen molar-refractivity contribution < 1.29 is 9.59 Å². The number of anilines is 1. The van der Waals surface area contributed by atoms with Crippen LogP contribution in [0.3, 0.4) is 0 Å². The number of Topliss-reactive ketones (excluding diaryl/α,β-unsaturated/α-hetero) is 1. The molecule has 1 aliphatic heterocycles. The van der Waals surface area contributed by atoms with Crippen molar-refractivity contribution in [3.8, 4) is 0 Å². The van der Waals surface area contributed by atoms with Crippen LogP contribution in [0.1, 0.15) is 37.7 Å². The Kier molecular flexibility index (Phi) is 5.79. The third-order valence-corrected chi connectivity index (χ3v) is 6.32. The monoisotopic (exact) mass is 515 g/mol. The number of nitrogens with zero attached hydrogens (tertiary/aromatic N) is 2. The van der Waals surface area contributed by atoms with Gasteiger partial charge in [-0.05, 0) is 65.5 Å². The van der Waals surface area contributed by atoms with Gasteiger partial charge < -0.3 is 5.32 Å². The first-order valence-corrected chi connectivity index (χ1v) is 11.0. The van der Waals surface area contributed by atoms with Crippen LogP contribution in [0.4, 0.5) is 5.82 Å². The van der Waals surface area contributed by atoms with Gasteiger partial charge in [0.15, 0.2) is 5.78 Å². The van der Waals surface area contributed by atoms with E-state index in [4.69, 9.17) is 0 Å². The molecule has 1 amide bonds. The van der Waals surface area contributed by atoms with Crippen LogP contribution in [0.15, 0.2) is 67.8 Å². The summed E-state index contributed by atoms with van der Waals surface area (Å²) in [5.41, 5.74) is 3.18. The van der Waals surface area contributed by atoms with Crippen LogP contribution in [0, 0.1) is 5.92 Å². The molecule has 1 N–H and O–H groups in total. The molecule has 5 nitrogen and oxygen atoms in total. The number of halogens is 2. The van der Waals surface area contributed by atoms with E-state index in [1.807, 2.05) is 37.3 Å². The molecule has 0 fully saturated rings. The lowest BCUT2D eigenvalue weighted by molar-refractivity contribution is -0.119. The number of pyridine rings is 1. The Balaban J connectivity index is 1.76. The second-order valence-electron chi connectivity index (χ2n) is 7.25. The molecule has 29 heavy (non-hydrogen) atoms. The molecule has 0 radical (unpaired) electrons. The van der Waals surface area contributed by atoms with Gasteiger partial charge in [0.05, 0.1) is 5.92 Å². The summed E-state index contributed by atoms with van der Waals surface area (Å²) in [6.07, 6.45) is 3.72. The van der Waals surface area contributed by atoms with E-state index in [0.717, 1.165) is 38.8 Å². The smallest absolute Gasteiger partial charge is 0.235 e. The Morgan fingerprint density at radius 1 is 1.07 bits per heavy atom. The highest BCUT2D eigenvalue weighted by atomic mass is 79.9. The lowest BCUT2D eigenvalue weighted by Crippen LogP contribution is -2.39. The molecule has 4 rings (SSSR count). The van der Waals surface area contributed by atoms with Crippen molar-refractivity contribution in [1.82, 2.24) is 4.98 Å². The zero-order chi connectivity index (χ0) is 20.5. The van der Waals surface area contributed by atoms with E-state index in [2.05, 4.69) is 47.2 Å². The highest BCUT2D eigenvalue weighted by Crippen LogP contribution is 2.43. The Hall–Kier alpha value is -2.12. The summed E-state index contributed by atoms with van der Waals surface area (Å²) >= 11 is 6.81. The van der Waals surface area contributed by atoms with Gasteiger partial charge in [-0.1, -0.05) is 28.1 Å². The fraction of sp³-hybridized carbons (Fsp3) is 0.273. The third kappa shape index (κ3) is 4.12. The van der Waals surface area contributed by atoms with Gasteiger partial charge in [0, 0.05) is 44.5 Å². The number of nitrogens with one attached hydrogen (secondary N) is 1. The van der Waals surface area contributed by atoms with Gasteiger partial charge in [0.1, 0.15) is 5.82 Å². The minimum Gasteiger partial charge on any atom is -0.310 e. The van der Waals surface area contributed by atoms with Crippen molar-refractivity contribution in [3.63, 3.8) is 0 Å². The number of amides is 1. The van der Waals surface area contributed by atoms with Crippen molar-refractivity contribution in [1.29, 1.82) is 0 Å². The molecule has 1 aliphatic carbocycles. The van der Waals surface area contributed by atoms with Crippen molar-refractivity contribution in [2.75, 3.05) is 5.32 Å². The first kappa shape index (κ1) is 20.2. The largest absolute Gasteiger partial charge is 0.310 e. The average Bonchev–Trinajstić information content (AvgIpc) is 2.69. The second-order valence-corrected chi connectivity index (χ2v) is 9.08. The van der Waals surface area contributed by atoms with E-state index < -0.39 is 5.92 Å². The van der Waals surface area contributed by atoms with E-state index in [-0.39, 0.29) is 17.6 Å². The number of hydrogen-bond acceptors (Lipinski definition) is 4. The molecule has 2 aliphatic rings. The normalized spacial score (nSPS) is 21.5. The van der Waals surface area contributed by atoms with Crippen LogP contribution in [0.25, 0.3) is 0 Å². The van der Waals surface area contributed by atoms with Crippen LogP contribution in [0.5, 0.6) is 0 Å². The molecule has 2 aromatic rings. The summed E-state index contributed by atoms with van der Waals surface area (Å²) in [5, 5.41) is 2.90. The van der Waals surface area contributed by atoms with E-state index in [1.165, 1.54) is 0 Å². The zero-order valence-electron chi connectivity index (χ0n) is 15.8. The number of aliphatic imine (C=N–C) groups is 1. The highest BCUT2D eigenvalue weighted by molar-refractivity contribution is 9.10. The van der Waals surface area contributed by atoms with Crippen molar-refractivity contribution >= 4 is 55.1 Å². The minimum absolute atomic E-state index is 0.0926. The minimum atomic E-state index is -0.567. The summed E-state index contributed by atoms with van der Waals surface area (Å²) in [5.74, 6) is -0.564. The molecule has 2 heterocycles. The molecular weight excluding hydrogens is 498 g/mol. The fourth-order valence-electron chi connectivity index (χ4n) is 4.03. The highest BCUT2D eigenvalue weighted by Gasteiger charge is 2.42. The first-order chi connectivity index (χ1) is 13.9. The van der Waals surface area contributed by atoms with Crippen LogP contribution >= 0.6 is 31.9 Å². The third-order valence-electron chi connectivity index (χ3n) is 5.32. The Morgan fingerprint density at radius 3 is 2.48 bits per heavy atom. The molecule has 148 valence electrons. The standard InChI is InChI=1S/C22H19Br2N3O2/c1-12-19(22(29)27-18-10-9-15(24)11-25-18)20(13-5-7-14(23)8-6-13)21-16(26-12)3-2-4-17(21)28/h5-11,19-20H,2-4H2,1H3,(H,25,27,29)/t19?,20-/m1/s1. The maximum atomic E-state index is 13.3. The lowest BCUT2D eigenvalue weighted by Gasteiger charge is -2.35. The van der Waals surface area contributed by atoms with E-state index in [9.17, 15) is 9.59 Å². The van der Waals surface area contributed by atoms with Gasteiger partial charge in [-0.25, -0.2) is 4.98 Å². The second kappa shape index (κ2) is 8.32. The number of carbonyl (C=O) groups excluding carboxylic acids is 2. The Morgan fingerprint density at radius 2 is 1.79 bits per heavy atom. The van der Waals surface area contributed by atoms with Gasteiger partial charge in [0.25, 0.3) is 0 Å². The van der Waals surface area contributed by atoms with Crippen molar-refractivity contribution in [3.05, 3.63) is 68.4 Å². The average molecular weight is 517 g/mol. The number of aromatic nitrogens is 1. The summed E-state index contributed by atoms with van der Waals surface area (Å²) in [4.78, 5) is 35.1. The molecule has 7 heteroatoms. The first-order valence-electron chi connectivity index (χ1n) is 9.43. The fourth-order valence-corrected chi connectivity index (χ4v) is 4.53. The number of carbonyl (C=O) groups is 2. The molecule has 0 saturated heterocycles. The molecule has 0 saturated carbocycles. The van der Waals surface area contributed by atoms with Gasteiger partial charge in [-0.2, -0.15) is 0 Å². The molecule has 0 spiro atoms. The number of allylic oxidation sites excluding steroid dienone is 2. The Labute approximate surface area is 186 Å².